The summed E-state index contributed by atoms with van der Waals surface area (Å²) < 4.78 is 5.43. The average Bonchev–Trinajstić information content (AvgIpc) is 3.11. The average molecular weight is 499 g/mol. The third kappa shape index (κ3) is 7.33. The largest absolute Gasteiger partial charge is 0.375 e. The Morgan fingerprint density at radius 1 is 1.11 bits per heavy atom. The summed E-state index contributed by atoms with van der Waals surface area (Å²) in [5, 5.41) is 10.9. The lowest BCUT2D eigenvalue weighted by Gasteiger charge is -2.19. The molecule has 0 atom stereocenters. The standard InChI is InChI=1S/C21H33N5O.HI/c1-5-19-18(20(6-2)27-25-19)16-24-21(22-7-3)23-14-11-15-26(4)17-12-9-8-10-13-17;/h8-10,12-13H,5-7,11,14-16H2,1-4H3,(H2,22,23,24);1H. The predicted octanol–water partition coefficient (Wildman–Crippen LogP) is 4.00. The summed E-state index contributed by atoms with van der Waals surface area (Å²) in [5.74, 6) is 1.78. The van der Waals surface area contributed by atoms with Crippen LogP contribution in [0.2, 0.25) is 0 Å². The highest BCUT2D eigenvalue weighted by Crippen LogP contribution is 2.16. The third-order valence-electron chi connectivity index (χ3n) is 4.51. The molecule has 2 rings (SSSR count). The van der Waals surface area contributed by atoms with Crippen LogP contribution in [-0.2, 0) is 19.4 Å². The van der Waals surface area contributed by atoms with Gasteiger partial charge in [-0.25, -0.2) is 4.99 Å². The molecule has 0 aliphatic heterocycles. The number of anilines is 1. The first-order valence-electron chi connectivity index (χ1n) is 9.94. The lowest BCUT2D eigenvalue weighted by Crippen LogP contribution is -2.38. The molecule has 156 valence electrons. The second-order valence-corrected chi connectivity index (χ2v) is 6.47. The Morgan fingerprint density at radius 2 is 1.86 bits per heavy atom. The van der Waals surface area contributed by atoms with Crippen molar-refractivity contribution in [2.75, 3.05) is 31.6 Å². The van der Waals surface area contributed by atoms with Crippen LogP contribution in [0, 0.1) is 0 Å². The number of guanidine groups is 1. The van der Waals surface area contributed by atoms with E-state index < -0.39 is 0 Å². The van der Waals surface area contributed by atoms with Gasteiger partial charge in [-0.3, -0.25) is 0 Å². The van der Waals surface area contributed by atoms with Gasteiger partial charge in [-0.15, -0.1) is 24.0 Å². The first-order valence-corrected chi connectivity index (χ1v) is 9.94. The van der Waals surface area contributed by atoms with Crippen molar-refractivity contribution >= 4 is 35.6 Å². The molecule has 0 radical (unpaired) electrons. The molecule has 0 fully saturated rings. The maximum Gasteiger partial charge on any atom is 0.191 e. The van der Waals surface area contributed by atoms with Gasteiger partial charge in [0.05, 0.1) is 12.2 Å². The topological polar surface area (TPSA) is 65.7 Å². The normalized spacial score (nSPS) is 11.1. The maximum atomic E-state index is 5.43. The van der Waals surface area contributed by atoms with Crippen molar-refractivity contribution in [2.24, 2.45) is 4.99 Å². The molecule has 7 heteroatoms. The van der Waals surface area contributed by atoms with Crippen LogP contribution in [0.25, 0.3) is 0 Å². The summed E-state index contributed by atoms with van der Waals surface area (Å²) in [6.07, 6.45) is 2.74. The van der Waals surface area contributed by atoms with Gasteiger partial charge < -0.3 is 20.1 Å². The Morgan fingerprint density at radius 3 is 2.50 bits per heavy atom. The number of rotatable bonds is 10. The van der Waals surface area contributed by atoms with E-state index in [1.165, 1.54) is 5.69 Å². The van der Waals surface area contributed by atoms with Crippen molar-refractivity contribution in [3.63, 3.8) is 0 Å². The second kappa shape index (κ2) is 13.4. The molecule has 0 spiro atoms. The minimum Gasteiger partial charge on any atom is -0.375 e. The van der Waals surface area contributed by atoms with Crippen LogP contribution >= 0.6 is 24.0 Å². The van der Waals surface area contributed by atoms with E-state index in [1.54, 1.807) is 0 Å². The van der Waals surface area contributed by atoms with Crippen molar-refractivity contribution in [1.29, 1.82) is 0 Å². The van der Waals surface area contributed by atoms with Gasteiger partial charge >= 0.3 is 0 Å². The Kier molecular flexibility index (Phi) is 11.6. The SMILES string of the molecule is CCNC(=NCc1c(CC)noc1CC)NCCCN(C)c1ccccc1.I. The van der Waals surface area contributed by atoms with E-state index >= 15 is 0 Å². The van der Waals surface area contributed by atoms with Crippen molar-refractivity contribution in [2.45, 2.75) is 46.6 Å². The summed E-state index contributed by atoms with van der Waals surface area (Å²) in [4.78, 5) is 7.00. The minimum atomic E-state index is 0. The van der Waals surface area contributed by atoms with Crippen molar-refractivity contribution in [3.8, 4) is 0 Å². The molecule has 1 aromatic carbocycles. The first kappa shape index (κ1) is 24.3. The summed E-state index contributed by atoms with van der Waals surface area (Å²) in [6.45, 7) is 9.54. The first-order chi connectivity index (χ1) is 13.2. The van der Waals surface area contributed by atoms with Crippen LogP contribution < -0.4 is 15.5 Å². The summed E-state index contributed by atoms with van der Waals surface area (Å²) in [6, 6.07) is 10.4. The number of hydrogen-bond acceptors (Lipinski definition) is 4. The molecule has 2 N–H and O–H groups in total. The van der Waals surface area contributed by atoms with Gasteiger partial charge in [-0.1, -0.05) is 37.2 Å². The molecule has 1 aromatic heterocycles. The molecule has 1 heterocycles. The smallest absolute Gasteiger partial charge is 0.191 e. The number of aliphatic imine (C=N–C) groups is 1. The van der Waals surface area contributed by atoms with Crippen molar-refractivity contribution < 1.29 is 4.52 Å². The Labute approximate surface area is 186 Å². The van der Waals surface area contributed by atoms with Crippen LogP contribution in [0.5, 0.6) is 0 Å². The molecule has 0 saturated carbocycles. The molecule has 0 aliphatic carbocycles. The Hall–Kier alpha value is -1.77. The molecular formula is C21H34IN5O. The van der Waals surface area contributed by atoms with Gasteiger partial charge in [-0.2, -0.15) is 0 Å². The number of benzene rings is 1. The Balaban J connectivity index is 0.00000392. The number of halogens is 1. The number of aryl methyl sites for hydroxylation is 2. The predicted molar refractivity (Wildman–Crippen MR) is 128 cm³/mol. The number of hydrogen-bond donors (Lipinski definition) is 2. The Bertz CT molecular complexity index is 681. The number of nitrogens with zero attached hydrogens (tertiary/aromatic N) is 3. The number of aromatic nitrogens is 1. The molecule has 2 aromatic rings. The van der Waals surface area contributed by atoms with E-state index in [-0.39, 0.29) is 24.0 Å². The van der Waals surface area contributed by atoms with Gasteiger partial charge in [0.1, 0.15) is 5.76 Å². The third-order valence-corrected chi connectivity index (χ3v) is 4.51. The zero-order chi connectivity index (χ0) is 19.5. The molecule has 0 amide bonds. The van der Waals surface area contributed by atoms with Gasteiger partial charge in [0.25, 0.3) is 0 Å². The number of nitrogens with one attached hydrogen (secondary N) is 2. The summed E-state index contributed by atoms with van der Waals surface area (Å²) >= 11 is 0. The molecule has 0 bridgehead atoms. The molecule has 28 heavy (non-hydrogen) atoms. The summed E-state index contributed by atoms with van der Waals surface area (Å²) in [5.41, 5.74) is 3.38. The highest BCUT2D eigenvalue weighted by atomic mass is 127. The monoisotopic (exact) mass is 499 g/mol. The van der Waals surface area contributed by atoms with Gasteiger partial charge in [0, 0.05) is 44.4 Å². The van der Waals surface area contributed by atoms with E-state index in [4.69, 9.17) is 9.52 Å². The molecular weight excluding hydrogens is 465 g/mol. The van der Waals surface area contributed by atoms with Gasteiger partial charge in [0.15, 0.2) is 5.96 Å². The van der Waals surface area contributed by atoms with Gasteiger partial charge in [-0.05, 0) is 31.9 Å². The lowest BCUT2D eigenvalue weighted by atomic mass is 10.1. The maximum absolute atomic E-state index is 5.43. The zero-order valence-electron chi connectivity index (χ0n) is 17.5. The van der Waals surface area contributed by atoms with E-state index in [0.717, 1.165) is 61.9 Å². The van der Waals surface area contributed by atoms with Gasteiger partial charge in [0.2, 0.25) is 0 Å². The zero-order valence-corrected chi connectivity index (χ0v) is 19.8. The van der Waals surface area contributed by atoms with Crippen molar-refractivity contribution in [3.05, 3.63) is 47.3 Å². The molecule has 0 saturated heterocycles. The lowest BCUT2D eigenvalue weighted by molar-refractivity contribution is 0.380. The van der Waals surface area contributed by atoms with E-state index in [1.807, 2.05) is 6.07 Å². The fraction of sp³-hybridized carbons (Fsp3) is 0.524. The van der Waals surface area contributed by atoms with Crippen LogP contribution in [0.3, 0.4) is 0 Å². The van der Waals surface area contributed by atoms with Crippen LogP contribution in [0.1, 0.15) is 44.2 Å². The highest BCUT2D eigenvalue weighted by molar-refractivity contribution is 14.0. The fourth-order valence-electron chi connectivity index (χ4n) is 2.95. The minimum absolute atomic E-state index is 0. The highest BCUT2D eigenvalue weighted by Gasteiger charge is 2.13. The van der Waals surface area contributed by atoms with Crippen LogP contribution in [0.4, 0.5) is 5.69 Å². The van der Waals surface area contributed by atoms with Crippen LogP contribution in [0.15, 0.2) is 39.8 Å². The van der Waals surface area contributed by atoms with Crippen LogP contribution in [-0.4, -0.2) is 37.8 Å². The quantitative estimate of drug-likeness (QED) is 0.224. The second-order valence-electron chi connectivity index (χ2n) is 6.47. The van der Waals surface area contributed by atoms with E-state index in [9.17, 15) is 0 Å². The van der Waals surface area contributed by atoms with E-state index in [2.05, 4.69) is 72.8 Å². The van der Waals surface area contributed by atoms with E-state index in [0.29, 0.717) is 6.54 Å². The fourth-order valence-corrected chi connectivity index (χ4v) is 2.95. The molecule has 6 nitrogen and oxygen atoms in total. The van der Waals surface area contributed by atoms with Crippen molar-refractivity contribution in [1.82, 2.24) is 15.8 Å². The number of para-hydroxylation sites is 1. The summed E-state index contributed by atoms with van der Waals surface area (Å²) in [7, 11) is 2.12. The molecule has 0 unspecified atom stereocenters. The molecule has 0 aliphatic rings.